The molecule has 2 N–H and O–H groups in total. The summed E-state index contributed by atoms with van der Waals surface area (Å²) in [7, 11) is 0. The molecule has 0 spiro atoms. The molecule has 0 fully saturated rings. The van der Waals surface area contributed by atoms with E-state index in [1.807, 2.05) is 6.92 Å². The lowest BCUT2D eigenvalue weighted by atomic mass is 10.0. The van der Waals surface area contributed by atoms with Crippen molar-refractivity contribution in [3.05, 3.63) is 0 Å². The summed E-state index contributed by atoms with van der Waals surface area (Å²) >= 11 is 0. The molecule has 54 valence electrons. The Morgan fingerprint density at radius 2 is 2.22 bits per heavy atom. The van der Waals surface area contributed by atoms with Crippen molar-refractivity contribution >= 4 is 5.71 Å². The van der Waals surface area contributed by atoms with Crippen molar-refractivity contribution in [1.82, 2.24) is 0 Å². The van der Waals surface area contributed by atoms with E-state index in [9.17, 15) is 0 Å². The molecule has 0 aromatic heterocycles. The fourth-order valence-corrected chi connectivity index (χ4v) is 0.845. The van der Waals surface area contributed by atoms with Crippen molar-refractivity contribution in [2.75, 3.05) is 6.61 Å². The van der Waals surface area contributed by atoms with Crippen molar-refractivity contribution in [3.8, 4) is 0 Å². The molecule has 0 aromatic rings. The maximum atomic E-state index is 8.48. The summed E-state index contributed by atoms with van der Waals surface area (Å²) in [5, 5.41) is 15.6. The quantitative estimate of drug-likeness (QED) is 0.554. The third-order valence-corrected chi connectivity index (χ3v) is 1.28. The van der Waals surface area contributed by atoms with E-state index in [1.165, 1.54) is 0 Å². The monoisotopic (exact) mass is 129 g/mol. The molecule has 0 radical (unpaired) electrons. The zero-order chi connectivity index (χ0) is 7.28. The van der Waals surface area contributed by atoms with E-state index in [0.717, 1.165) is 12.8 Å². The van der Waals surface area contributed by atoms with Gasteiger partial charge in [0.25, 0.3) is 0 Å². The summed E-state index contributed by atoms with van der Waals surface area (Å²) in [5.41, 5.74) is 0.705. The standard InChI is InChI=1S/C7H15NO/c1-6(3-4-9)5-7(2)8/h6,8-9H,3-5H2,1-2H3. The van der Waals surface area contributed by atoms with Crippen LogP contribution in [0.5, 0.6) is 0 Å². The molecule has 0 amide bonds. The van der Waals surface area contributed by atoms with Crippen LogP contribution in [0.15, 0.2) is 0 Å². The molecule has 2 heteroatoms. The van der Waals surface area contributed by atoms with Gasteiger partial charge in [0.15, 0.2) is 0 Å². The van der Waals surface area contributed by atoms with E-state index >= 15 is 0 Å². The molecule has 1 atom stereocenters. The van der Waals surface area contributed by atoms with Crippen molar-refractivity contribution in [2.45, 2.75) is 26.7 Å². The van der Waals surface area contributed by atoms with Gasteiger partial charge in [0.1, 0.15) is 0 Å². The second kappa shape index (κ2) is 4.50. The highest BCUT2D eigenvalue weighted by molar-refractivity contribution is 5.78. The first-order valence-electron chi connectivity index (χ1n) is 3.31. The second-order valence-electron chi connectivity index (χ2n) is 2.60. The highest BCUT2D eigenvalue weighted by Crippen LogP contribution is 2.06. The maximum Gasteiger partial charge on any atom is 0.0433 e. The normalized spacial score (nSPS) is 13.2. The highest BCUT2D eigenvalue weighted by atomic mass is 16.2. The Morgan fingerprint density at radius 3 is 2.56 bits per heavy atom. The number of nitrogens with one attached hydrogen (secondary N) is 1. The Kier molecular flexibility index (Phi) is 4.32. The van der Waals surface area contributed by atoms with Gasteiger partial charge in [-0.3, -0.25) is 0 Å². The smallest absolute Gasteiger partial charge is 0.0433 e. The molecule has 0 saturated carbocycles. The summed E-state index contributed by atoms with van der Waals surface area (Å²) in [4.78, 5) is 0. The molecule has 1 unspecified atom stereocenters. The molecule has 0 saturated heterocycles. The van der Waals surface area contributed by atoms with E-state index in [0.29, 0.717) is 11.6 Å². The molecule has 0 heterocycles. The zero-order valence-electron chi connectivity index (χ0n) is 6.15. The summed E-state index contributed by atoms with van der Waals surface area (Å²) in [6.07, 6.45) is 1.64. The molecule has 0 rings (SSSR count). The third kappa shape index (κ3) is 5.50. The summed E-state index contributed by atoms with van der Waals surface area (Å²) in [5.74, 6) is 0.465. The van der Waals surface area contributed by atoms with Gasteiger partial charge >= 0.3 is 0 Å². The average Bonchev–Trinajstić information content (AvgIpc) is 1.63. The van der Waals surface area contributed by atoms with Crippen LogP contribution < -0.4 is 0 Å². The Balaban J connectivity index is 3.26. The minimum atomic E-state index is 0.244. The SMILES string of the molecule is CC(=N)CC(C)CCO. The van der Waals surface area contributed by atoms with Crippen LogP contribution >= 0.6 is 0 Å². The minimum absolute atomic E-state index is 0.244. The van der Waals surface area contributed by atoms with E-state index in [1.54, 1.807) is 6.92 Å². The van der Waals surface area contributed by atoms with Gasteiger partial charge in [-0.15, -0.1) is 0 Å². The van der Waals surface area contributed by atoms with E-state index in [2.05, 4.69) is 0 Å². The topological polar surface area (TPSA) is 44.1 Å². The first kappa shape index (κ1) is 8.63. The zero-order valence-corrected chi connectivity index (χ0v) is 6.15. The van der Waals surface area contributed by atoms with Crippen molar-refractivity contribution in [1.29, 1.82) is 5.41 Å². The number of aliphatic hydroxyl groups is 1. The molecule has 0 aliphatic carbocycles. The molecular weight excluding hydrogens is 114 g/mol. The Bertz CT molecular complexity index is 90.9. The van der Waals surface area contributed by atoms with Crippen molar-refractivity contribution < 1.29 is 5.11 Å². The van der Waals surface area contributed by atoms with Gasteiger partial charge in [-0.25, -0.2) is 0 Å². The average molecular weight is 129 g/mol. The molecule has 9 heavy (non-hydrogen) atoms. The van der Waals surface area contributed by atoms with Crippen LogP contribution in [0.2, 0.25) is 0 Å². The van der Waals surface area contributed by atoms with Crippen LogP contribution in [0.25, 0.3) is 0 Å². The van der Waals surface area contributed by atoms with E-state index < -0.39 is 0 Å². The Hall–Kier alpha value is -0.370. The van der Waals surface area contributed by atoms with Crippen molar-refractivity contribution in [3.63, 3.8) is 0 Å². The molecule has 0 bridgehead atoms. The van der Waals surface area contributed by atoms with Gasteiger partial charge in [0.2, 0.25) is 0 Å². The van der Waals surface area contributed by atoms with Gasteiger partial charge in [-0.2, -0.15) is 0 Å². The number of rotatable bonds is 4. The lowest BCUT2D eigenvalue weighted by Crippen LogP contribution is -2.02. The summed E-state index contributed by atoms with van der Waals surface area (Å²) in [6, 6.07) is 0. The lowest BCUT2D eigenvalue weighted by molar-refractivity contribution is 0.264. The predicted octanol–water partition coefficient (Wildman–Crippen LogP) is 1.43. The van der Waals surface area contributed by atoms with Crippen LogP contribution in [0, 0.1) is 11.3 Å². The number of aliphatic hydroxyl groups excluding tert-OH is 1. The predicted molar refractivity (Wildman–Crippen MR) is 38.9 cm³/mol. The molecule has 0 aliphatic rings. The Labute approximate surface area is 56.4 Å². The van der Waals surface area contributed by atoms with Crippen LogP contribution in [-0.4, -0.2) is 17.4 Å². The summed E-state index contributed by atoms with van der Waals surface area (Å²) in [6.45, 7) is 4.09. The van der Waals surface area contributed by atoms with Gasteiger partial charge in [0, 0.05) is 12.3 Å². The molecule has 0 aromatic carbocycles. The van der Waals surface area contributed by atoms with E-state index in [-0.39, 0.29) is 6.61 Å². The van der Waals surface area contributed by atoms with Crippen molar-refractivity contribution in [2.24, 2.45) is 5.92 Å². The first-order valence-corrected chi connectivity index (χ1v) is 3.31. The first-order chi connectivity index (χ1) is 4.16. The largest absolute Gasteiger partial charge is 0.396 e. The molecule has 2 nitrogen and oxygen atoms in total. The van der Waals surface area contributed by atoms with Crippen LogP contribution in [0.1, 0.15) is 26.7 Å². The maximum absolute atomic E-state index is 8.48. The fourth-order valence-electron chi connectivity index (χ4n) is 0.845. The minimum Gasteiger partial charge on any atom is -0.396 e. The fraction of sp³-hybridized carbons (Fsp3) is 0.857. The van der Waals surface area contributed by atoms with Gasteiger partial charge in [-0.05, 0) is 25.7 Å². The van der Waals surface area contributed by atoms with E-state index in [4.69, 9.17) is 10.5 Å². The third-order valence-electron chi connectivity index (χ3n) is 1.28. The van der Waals surface area contributed by atoms with Crippen LogP contribution in [-0.2, 0) is 0 Å². The van der Waals surface area contributed by atoms with Gasteiger partial charge in [-0.1, -0.05) is 6.92 Å². The van der Waals surface area contributed by atoms with Gasteiger partial charge < -0.3 is 10.5 Å². The Morgan fingerprint density at radius 1 is 1.67 bits per heavy atom. The lowest BCUT2D eigenvalue weighted by Gasteiger charge is -2.06. The second-order valence-corrected chi connectivity index (χ2v) is 2.60. The number of hydrogen-bond acceptors (Lipinski definition) is 2. The molecule has 0 aliphatic heterocycles. The number of hydrogen-bond donors (Lipinski definition) is 2. The highest BCUT2D eigenvalue weighted by Gasteiger charge is 2.00. The molecular formula is C7H15NO. The van der Waals surface area contributed by atoms with Crippen LogP contribution in [0.4, 0.5) is 0 Å². The summed E-state index contributed by atoms with van der Waals surface area (Å²) < 4.78 is 0. The van der Waals surface area contributed by atoms with Crippen LogP contribution in [0.3, 0.4) is 0 Å². The van der Waals surface area contributed by atoms with Gasteiger partial charge in [0.05, 0.1) is 0 Å².